The van der Waals surface area contributed by atoms with Crippen LogP contribution in [0.5, 0.6) is 0 Å². The maximum Gasteiger partial charge on any atom is 0.151 e. The van der Waals surface area contributed by atoms with E-state index in [0.29, 0.717) is 11.6 Å². The zero-order valence-electron chi connectivity index (χ0n) is 12.3. The van der Waals surface area contributed by atoms with E-state index < -0.39 is 9.84 Å². The number of rotatable bonds is 6. The molecule has 1 atom stereocenters. The Bertz CT molecular complexity index is 735. The van der Waals surface area contributed by atoms with Gasteiger partial charge in [-0.3, -0.25) is 0 Å². The number of hydrogen-bond acceptors (Lipinski definition) is 3. The molecule has 1 aromatic carbocycles. The predicted molar refractivity (Wildman–Crippen MR) is 88.6 cm³/mol. The van der Waals surface area contributed by atoms with Crippen LogP contribution in [0.1, 0.15) is 19.4 Å². The summed E-state index contributed by atoms with van der Waals surface area (Å²) in [4.78, 5) is 0. The van der Waals surface area contributed by atoms with Crippen molar-refractivity contribution in [3.05, 3.63) is 35.0 Å². The van der Waals surface area contributed by atoms with Gasteiger partial charge in [-0.1, -0.05) is 24.6 Å². The first-order valence-corrected chi connectivity index (χ1v) is 9.25. The molecule has 21 heavy (non-hydrogen) atoms. The molecule has 0 amide bonds. The molecular formula is C15H21ClN2O2S. The molecule has 0 saturated heterocycles. The molecule has 6 heteroatoms. The highest BCUT2D eigenvalue weighted by atomic mass is 35.5. The van der Waals surface area contributed by atoms with Crippen LogP contribution in [0, 0.1) is 0 Å². The molecule has 1 heterocycles. The lowest BCUT2D eigenvalue weighted by molar-refractivity contribution is 0.591. The van der Waals surface area contributed by atoms with Crippen molar-refractivity contribution in [2.24, 2.45) is 5.73 Å². The van der Waals surface area contributed by atoms with Gasteiger partial charge in [-0.25, -0.2) is 8.42 Å². The van der Waals surface area contributed by atoms with Crippen LogP contribution in [0.15, 0.2) is 24.4 Å². The fourth-order valence-electron chi connectivity index (χ4n) is 2.42. The van der Waals surface area contributed by atoms with Crippen molar-refractivity contribution in [3.63, 3.8) is 0 Å². The maximum absolute atomic E-state index is 11.7. The van der Waals surface area contributed by atoms with E-state index in [-0.39, 0.29) is 17.5 Å². The van der Waals surface area contributed by atoms with Gasteiger partial charge in [0.05, 0.1) is 5.75 Å². The van der Waals surface area contributed by atoms with Crippen LogP contribution in [0.4, 0.5) is 0 Å². The van der Waals surface area contributed by atoms with Crippen LogP contribution < -0.4 is 5.73 Å². The van der Waals surface area contributed by atoms with Gasteiger partial charge in [-0.05, 0) is 31.0 Å². The minimum atomic E-state index is -2.99. The molecule has 1 aromatic heterocycles. The Morgan fingerprint density at radius 2 is 2.10 bits per heavy atom. The lowest BCUT2D eigenvalue weighted by Crippen LogP contribution is -2.17. The quantitative estimate of drug-likeness (QED) is 0.886. The summed E-state index contributed by atoms with van der Waals surface area (Å²) in [5, 5.41) is 1.73. The van der Waals surface area contributed by atoms with E-state index in [9.17, 15) is 8.42 Å². The van der Waals surface area contributed by atoms with Gasteiger partial charge in [0.1, 0.15) is 0 Å². The second-order valence-electron chi connectivity index (χ2n) is 5.43. The molecule has 0 spiro atoms. The molecule has 0 saturated carbocycles. The molecule has 2 aromatic rings. The second kappa shape index (κ2) is 6.38. The van der Waals surface area contributed by atoms with Gasteiger partial charge < -0.3 is 10.3 Å². The average molecular weight is 329 g/mol. The van der Waals surface area contributed by atoms with Crippen LogP contribution in [0.3, 0.4) is 0 Å². The SMILES string of the molecule is CCS(=O)(=O)CCn1cc(CC(C)N)c2ccc(Cl)cc21. The van der Waals surface area contributed by atoms with Gasteiger partial charge in [0.2, 0.25) is 0 Å². The summed E-state index contributed by atoms with van der Waals surface area (Å²) in [6.45, 7) is 4.06. The lowest BCUT2D eigenvalue weighted by Gasteiger charge is -2.05. The van der Waals surface area contributed by atoms with E-state index in [1.807, 2.05) is 35.9 Å². The van der Waals surface area contributed by atoms with Gasteiger partial charge in [0.25, 0.3) is 0 Å². The first kappa shape index (κ1) is 16.3. The van der Waals surface area contributed by atoms with Crippen LogP contribution in [0.2, 0.25) is 5.02 Å². The monoisotopic (exact) mass is 328 g/mol. The summed E-state index contributed by atoms with van der Waals surface area (Å²) in [6, 6.07) is 5.75. The molecule has 2 rings (SSSR count). The van der Waals surface area contributed by atoms with Crippen molar-refractivity contribution < 1.29 is 8.42 Å². The minimum Gasteiger partial charge on any atom is -0.346 e. The van der Waals surface area contributed by atoms with E-state index in [4.69, 9.17) is 17.3 Å². The second-order valence-corrected chi connectivity index (χ2v) is 8.34. The zero-order chi connectivity index (χ0) is 15.6. The first-order valence-electron chi connectivity index (χ1n) is 7.05. The Balaban J connectivity index is 2.40. The highest BCUT2D eigenvalue weighted by molar-refractivity contribution is 7.91. The normalized spacial score (nSPS) is 13.7. The van der Waals surface area contributed by atoms with Gasteiger partial charge in [0.15, 0.2) is 9.84 Å². The van der Waals surface area contributed by atoms with Gasteiger partial charge in [0, 0.05) is 40.5 Å². The highest BCUT2D eigenvalue weighted by Gasteiger charge is 2.13. The Hall–Kier alpha value is -1.04. The molecule has 4 nitrogen and oxygen atoms in total. The topological polar surface area (TPSA) is 65.1 Å². The van der Waals surface area contributed by atoms with Crippen molar-refractivity contribution in [3.8, 4) is 0 Å². The van der Waals surface area contributed by atoms with E-state index >= 15 is 0 Å². The lowest BCUT2D eigenvalue weighted by atomic mass is 10.1. The summed E-state index contributed by atoms with van der Waals surface area (Å²) in [6.07, 6.45) is 2.75. The summed E-state index contributed by atoms with van der Waals surface area (Å²) < 4.78 is 25.4. The Labute approximate surface area is 130 Å². The predicted octanol–water partition coefficient (Wildman–Crippen LogP) is 2.62. The summed E-state index contributed by atoms with van der Waals surface area (Å²) in [7, 11) is -2.99. The maximum atomic E-state index is 11.7. The van der Waals surface area contributed by atoms with Gasteiger partial charge in [-0.2, -0.15) is 0 Å². The number of hydrogen-bond donors (Lipinski definition) is 1. The highest BCUT2D eigenvalue weighted by Crippen LogP contribution is 2.25. The molecule has 0 aliphatic rings. The fraction of sp³-hybridized carbons (Fsp3) is 0.467. The minimum absolute atomic E-state index is 0.0547. The largest absolute Gasteiger partial charge is 0.346 e. The Kier molecular flexibility index (Phi) is 4.96. The third-order valence-electron chi connectivity index (χ3n) is 3.55. The number of fused-ring (bicyclic) bond motifs is 1. The number of nitrogens with zero attached hydrogens (tertiary/aromatic N) is 1. The van der Waals surface area contributed by atoms with Crippen molar-refractivity contribution in [1.82, 2.24) is 4.57 Å². The van der Waals surface area contributed by atoms with Crippen molar-refractivity contribution in [2.45, 2.75) is 32.9 Å². The zero-order valence-corrected chi connectivity index (χ0v) is 13.9. The third kappa shape index (κ3) is 3.99. The Morgan fingerprint density at radius 1 is 1.38 bits per heavy atom. The number of benzene rings is 1. The molecule has 0 aliphatic carbocycles. The van der Waals surface area contributed by atoms with E-state index in [0.717, 1.165) is 22.9 Å². The van der Waals surface area contributed by atoms with Gasteiger partial charge >= 0.3 is 0 Å². The number of aryl methyl sites for hydroxylation is 1. The van der Waals surface area contributed by atoms with E-state index in [2.05, 4.69) is 0 Å². The van der Waals surface area contributed by atoms with E-state index in [1.165, 1.54) is 0 Å². The van der Waals surface area contributed by atoms with Crippen molar-refractivity contribution >= 4 is 32.3 Å². The smallest absolute Gasteiger partial charge is 0.151 e. The summed E-state index contributed by atoms with van der Waals surface area (Å²) in [5.74, 6) is 0.303. The fourth-order valence-corrected chi connectivity index (χ4v) is 3.35. The van der Waals surface area contributed by atoms with Crippen LogP contribution in [0.25, 0.3) is 10.9 Å². The number of sulfone groups is 1. The van der Waals surface area contributed by atoms with Crippen LogP contribution in [-0.2, 0) is 22.8 Å². The summed E-state index contributed by atoms with van der Waals surface area (Å²) >= 11 is 6.07. The molecular weight excluding hydrogens is 308 g/mol. The molecule has 116 valence electrons. The van der Waals surface area contributed by atoms with E-state index in [1.54, 1.807) is 6.92 Å². The summed E-state index contributed by atoms with van der Waals surface area (Å²) in [5.41, 5.74) is 7.98. The van der Waals surface area contributed by atoms with Gasteiger partial charge in [-0.15, -0.1) is 0 Å². The molecule has 0 bridgehead atoms. The molecule has 2 N–H and O–H groups in total. The van der Waals surface area contributed by atoms with Crippen LogP contribution in [-0.4, -0.2) is 30.5 Å². The standard InChI is InChI=1S/C15H21ClN2O2S/c1-3-21(19,20)7-6-18-10-12(8-11(2)17)14-5-4-13(16)9-15(14)18/h4-5,9-11H,3,6-8,17H2,1-2H3. The molecule has 0 aliphatic heterocycles. The number of aromatic nitrogens is 1. The number of nitrogens with two attached hydrogens (primary N) is 1. The average Bonchev–Trinajstić information content (AvgIpc) is 2.73. The number of halogens is 1. The van der Waals surface area contributed by atoms with Crippen molar-refractivity contribution in [1.29, 1.82) is 0 Å². The van der Waals surface area contributed by atoms with Crippen molar-refractivity contribution in [2.75, 3.05) is 11.5 Å². The molecule has 1 unspecified atom stereocenters. The Morgan fingerprint density at radius 3 is 2.71 bits per heavy atom. The first-order chi connectivity index (χ1) is 9.82. The third-order valence-corrected chi connectivity index (χ3v) is 5.47. The molecule has 0 radical (unpaired) electrons. The molecule has 0 fully saturated rings. The van der Waals surface area contributed by atoms with Crippen LogP contribution >= 0.6 is 11.6 Å².